The summed E-state index contributed by atoms with van der Waals surface area (Å²) in [6, 6.07) is 0. The van der Waals surface area contributed by atoms with Crippen molar-refractivity contribution < 1.29 is 30.0 Å². The van der Waals surface area contributed by atoms with Crippen molar-refractivity contribution in [3.63, 3.8) is 0 Å². The SMILES string of the molecule is C[C@H](CCC(=C=O)NCC(=O)O)[C@H]1CC[C@H]2[C@@H]3C(O)CC4CC(O)CC[C@]4(C)[C@H]3CC(O)[C@]12C. The molecule has 11 atom stereocenters. The van der Waals surface area contributed by atoms with Crippen molar-refractivity contribution in [1.29, 1.82) is 0 Å². The lowest BCUT2D eigenvalue weighted by Crippen LogP contribution is -2.62. The van der Waals surface area contributed by atoms with Gasteiger partial charge in [-0.1, -0.05) is 20.8 Å². The zero-order valence-electron chi connectivity index (χ0n) is 20.9. The summed E-state index contributed by atoms with van der Waals surface area (Å²) < 4.78 is 0. The van der Waals surface area contributed by atoms with E-state index in [4.69, 9.17) is 5.11 Å². The Balaban J connectivity index is 1.50. The van der Waals surface area contributed by atoms with E-state index in [1.807, 2.05) is 5.94 Å². The van der Waals surface area contributed by atoms with Crippen LogP contribution >= 0.6 is 0 Å². The Morgan fingerprint density at radius 1 is 1.09 bits per heavy atom. The summed E-state index contributed by atoms with van der Waals surface area (Å²) in [5.41, 5.74) is 0.0759. The number of nitrogens with one attached hydrogen (secondary N) is 1. The minimum Gasteiger partial charge on any atom is -0.480 e. The molecule has 7 nitrogen and oxygen atoms in total. The summed E-state index contributed by atoms with van der Waals surface area (Å²) in [7, 11) is 0. The highest BCUT2D eigenvalue weighted by molar-refractivity contribution is 5.70. The fraction of sp³-hybridized carbons (Fsp3) is 0.889. The number of allylic oxidation sites excluding steroid dienone is 1. The van der Waals surface area contributed by atoms with Crippen LogP contribution in [0.2, 0.25) is 0 Å². The number of carbonyl (C=O) groups is 1. The van der Waals surface area contributed by atoms with Gasteiger partial charge in [-0.3, -0.25) is 4.79 Å². The quantitative estimate of drug-likeness (QED) is 0.357. The number of aliphatic hydroxyl groups is 3. The van der Waals surface area contributed by atoms with E-state index in [-0.39, 0.29) is 59.2 Å². The van der Waals surface area contributed by atoms with E-state index in [1.165, 1.54) is 0 Å². The highest BCUT2D eigenvalue weighted by atomic mass is 16.4. The van der Waals surface area contributed by atoms with E-state index in [9.17, 15) is 24.9 Å². The highest BCUT2D eigenvalue weighted by Gasteiger charge is 2.65. The van der Waals surface area contributed by atoms with Crippen LogP contribution in [0.5, 0.6) is 0 Å². The molecule has 0 amide bonds. The van der Waals surface area contributed by atoms with Gasteiger partial charge in [-0.15, -0.1) is 0 Å². The summed E-state index contributed by atoms with van der Waals surface area (Å²) in [5.74, 6) is 2.41. The Morgan fingerprint density at radius 2 is 1.82 bits per heavy atom. The number of hydrogen-bond acceptors (Lipinski definition) is 6. The third kappa shape index (κ3) is 4.23. The Hall–Kier alpha value is -1.40. The predicted molar refractivity (Wildman–Crippen MR) is 127 cm³/mol. The smallest absolute Gasteiger partial charge is 0.322 e. The summed E-state index contributed by atoms with van der Waals surface area (Å²) >= 11 is 0. The molecule has 4 fully saturated rings. The van der Waals surface area contributed by atoms with Crippen molar-refractivity contribution in [2.24, 2.45) is 46.3 Å². The zero-order valence-corrected chi connectivity index (χ0v) is 20.9. The van der Waals surface area contributed by atoms with Gasteiger partial charge >= 0.3 is 5.97 Å². The van der Waals surface area contributed by atoms with Crippen LogP contribution in [0.1, 0.15) is 78.6 Å². The molecule has 4 aliphatic rings. The molecule has 0 aromatic carbocycles. The molecule has 4 rings (SSSR count). The Morgan fingerprint density at radius 3 is 2.50 bits per heavy atom. The van der Waals surface area contributed by atoms with Gasteiger partial charge in [0.2, 0.25) is 0 Å². The van der Waals surface area contributed by atoms with Crippen LogP contribution < -0.4 is 5.32 Å². The van der Waals surface area contributed by atoms with E-state index >= 15 is 0 Å². The van der Waals surface area contributed by atoms with Gasteiger partial charge < -0.3 is 25.7 Å². The first kappa shape index (κ1) is 25.7. The van der Waals surface area contributed by atoms with Gasteiger partial charge in [-0.05, 0) is 104 Å². The number of carboxylic acids is 1. The van der Waals surface area contributed by atoms with Crippen LogP contribution in [0.3, 0.4) is 0 Å². The fourth-order valence-electron chi connectivity index (χ4n) is 9.06. The largest absolute Gasteiger partial charge is 0.480 e. The van der Waals surface area contributed by atoms with Crippen molar-refractivity contribution in [1.82, 2.24) is 5.32 Å². The molecule has 0 spiro atoms. The van der Waals surface area contributed by atoms with E-state index in [0.717, 1.165) is 44.9 Å². The van der Waals surface area contributed by atoms with Crippen molar-refractivity contribution in [3.8, 4) is 0 Å². The zero-order chi connectivity index (χ0) is 24.8. The first-order valence-corrected chi connectivity index (χ1v) is 13.3. The molecule has 5 N–H and O–H groups in total. The second-order valence-electron chi connectivity index (χ2n) is 12.4. The molecular weight excluding hydrogens is 434 g/mol. The third-order valence-corrected chi connectivity index (χ3v) is 10.9. The topological polar surface area (TPSA) is 127 Å². The second kappa shape index (κ2) is 9.57. The number of carboxylic acid groups (broad SMARTS) is 1. The van der Waals surface area contributed by atoms with Crippen LogP contribution in [0.4, 0.5) is 0 Å². The van der Waals surface area contributed by atoms with E-state index < -0.39 is 12.1 Å². The summed E-state index contributed by atoms with van der Waals surface area (Å²) in [6.45, 7) is 6.44. The summed E-state index contributed by atoms with van der Waals surface area (Å²) in [4.78, 5) is 22.1. The maximum absolute atomic E-state index is 11.6. The average molecular weight is 478 g/mol. The van der Waals surface area contributed by atoms with Gasteiger partial charge in [-0.2, -0.15) is 0 Å². The van der Waals surface area contributed by atoms with E-state index in [1.54, 1.807) is 0 Å². The van der Waals surface area contributed by atoms with Crippen LogP contribution in [-0.2, 0) is 9.59 Å². The fourth-order valence-corrected chi connectivity index (χ4v) is 9.06. The normalized spacial score (nSPS) is 46.4. The number of aliphatic carboxylic acids is 1. The lowest BCUT2D eigenvalue weighted by atomic mass is 9.43. The lowest BCUT2D eigenvalue weighted by Gasteiger charge is -2.63. The third-order valence-electron chi connectivity index (χ3n) is 10.9. The van der Waals surface area contributed by atoms with Crippen molar-refractivity contribution in [2.45, 2.75) is 96.9 Å². The molecule has 0 aromatic rings. The van der Waals surface area contributed by atoms with Crippen LogP contribution in [0.25, 0.3) is 0 Å². The molecule has 7 heteroatoms. The first-order chi connectivity index (χ1) is 16.0. The monoisotopic (exact) mass is 477 g/mol. The second-order valence-corrected chi connectivity index (χ2v) is 12.4. The van der Waals surface area contributed by atoms with E-state index in [0.29, 0.717) is 24.5 Å². The molecule has 4 unspecified atom stereocenters. The summed E-state index contributed by atoms with van der Waals surface area (Å²) in [5, 5.41) is 44.8. The number of hydrogen-bond donors (Lipinski definition) is 5. The van der Waals surface area contributed by atoms with Gasteiger partial charge in [0.05, 0.1) is 24.0 Å². The van der Waals surface area contributed by atoms with Gasteiger partial charge in [0.1, 0.15) is 12.5 Å². The average Bonchev–Trinajstić information content (AvgIpc) is 3.14. The molecule has 0 heterocycles. The molecule has 34 heavy (non-hydrogen) atoms. The van der Waals surface area contributed by atoms with Crippen molar-refractivity contribution in [3.05, 3.63) is 5.70 Å². The molecular formula is C27H43NO6. The number of fused-ring (bicyclic) bond motifs is 5. The minimum absolute atomic E-state index is 0.0641. The minimum atomic E-state index is -1.01. The number of carbonyl (C=O) groups excluding carboxylic acids is 1. The molecule has 4 aliphatic carbocycles. The molecule has 4 saturated carbocycles. The number of rotatable bonds is 7. The maximum atomic E-state index is 11.6. The van der Waals surface area contributed by atoms with Gasteiger partial charge in [-0.25, -0.2) is 4.79 Å². The Kier molecular flexibility index (Phi) is 7.23. The molecule has 0 aliphatic heterocycles. The van der Waals surface area contributed by atoms with Crippen LogP contribution in [0, 0.1) is 46.3 Å². The number of aliphatic hydroxyl groups excluding tert-OH is 3. The van der Waals surface area contributed by atoms with Gasteiger partial charge in [0, 0.05) is 0 Å². The van der Waals surface area contributed by atoms with Crippen molar-refractivity contribution in [2.75, 3.05) is 6.54 Å². The van der Waals surface area contributed by atoms with Crippen LogP contribution in [-0.4, -0.2) is 57.2 Å². The first-order valence-electron chi connectivity index (χ1n) is 13.3. The maximum Gasteiger partial charge on any atom is 0.322 e. The molecule has 0 bridgehead atoms. The predicted octanol–water partition coefficient (Wildman–Crippen LogP) is 2.75. The van der Waals surface area contributed by atoms with Gasteiger partial charge in [0.25, 0.3) is 0 Å². The van der Waals surface area contributed by atoms with E-state index in [2.05, 4.69) is 26.1 Å². The lowest BCUT2D eigenvalue weighted by molar-refractivity contribution is -0.207. The molecule has 0 radical (unpaired) electrons. The molecule has 192 valence electrons. The Labute approximate surface area is 203 Å². The van der Waals surface area contributed by atoms with Crippen LogP contribution in [0.15, 0.2) is 5.70 Å². The molecule has 0 aromatic heterocycles. The standard InChI is InChI=1S/C27H43NO6/c1-15(4-5-17(14-29)28-13-24(33)34)19-6-7-20-25-21(12-23(32)27(19,20)3)26(2)9-8-18(30)10-16(26)11-22(25)31/h15-16,18-23,25,28,30-32H,4-13H2,1-3H3,(H,33,34)/t15-,16?,18?,19-,20+,21+,22?,23?,25+,26+,27-/m1/s1. The van der Waals surface area contributed by atoms with Gasteiger partial charge in [0.15, 0.2) is 0 Å². The Bertz CT molecular complexity index is 826. The molecule has 0 saturated heterocycles. The summed E-state index contributed by atoms with van der Waals surface area (Å²) in [6.07, 6.45) is 6.07. The van der Waals surface area contributed by atoms with Crippen molar-refractivity contribution >= 4 is 11.9 Å². The highest BCUT2D eigenvalue weighted by Crippen LogP contribution is 2.68.